The van der Waals surface area contributed by atoms with Crippen molar-refractivity contribution >= 4 is 33.4 Å². The van der Waals surface area contributed by atoms with Crippen molar-refractivity contribution in [1.82, 2.24) is 5.32 Å². The minimum absolute atomic E-state index is 0.181. The Morgan fingerprint density at radius 2 is 1.75 bits per heavy atom. The molecule has 0 fully saturated rings. The molecule has 0 unspecified atom stereocenters. The van der Waals surface area contributed by atoms with Crippen LogP contribution in [0.2, 0.25) is 0 Å². The van der Waals surface area contributed by atoms with Crippen LogP contribution in [0.3, 0.4) is 0 Å². The van der Waals surface area contributed by atoms with Crippen LogP contribution in [0.1, 0.15) is 23.2 Å². The number of rotatable bonds is 6. The number of hydrogen-bond acceptors (Lipinski definition) is 2. The molecule has 0 aliphatic heterocycles. The lowest BCUT2D eigenvalue weighted by Crippen LogP contribution is -2.26. The maximum Gasteiger partial charge on any atom is 0.254 e. The fourth-order valence-electron chi connectivity index (χ4n) is 1.98. The fraction of sp³-hybridized carbons (Fsp3) is 0.176. The van der Waals surface area contributed by atoms with Gasteiger partial charge in [0.25, 0.3) is 5.91 Å². The first-order valence-corrected chi connectivity index (χ1v) is 8.03. The summed E-state index contributed by atoms with van der Waals surface area (Å²) in [5, 5.41) is 5.23. The van der Waals surface area contributed by atoms with E-state index in [2.05, 4.69) is 26.6 Å². The van der Waals surface area contributed by atoms with E-state index in [1.807, 2.05) is 12.1 Å². The van der Waals surface area contributed by atoms with Gasteiger partial charge >= 0.3 is 0 Å². The van der Waals surface area contributed by atoms with Crippen LogP contribution in [0, 0.1) is 11.6 Å². The quantitative estimate of drug-likeness (QED) is 0.727. The molecule has 0 aliphatic carbocycles. The highest BCUT2D eigenvalue weighted by Crippen LogP contribution is 2.14. The summed E-state index contributed by atoms with van der Waals surface area (Å²) in [4.78, 5) is 23.5. The van der Waals surface area contributed by atoms with E-state index in [0.29, 0.717) is 18.2 Å². The highest BCUT2D eigenvalue weighted by atomic mass is 79.9. The molecule has 7 heteroatoms. The SMILES string of the molecule is O=C(CCCNC(=O)c1ccc(F)cc1F)Nc1ccc(Br)cc1. The summed E-state index contributed by atoms with van der Waals surface area (Å²) in [7, 11) is 0. The van der Waals surface area contributed by atoms with Crippen LogP contribution in [0.4, 0.5) is 14.5 Å². The summed E-state index contributed by atoms with van der Waals surface area (Å²) < 4.78 is 27.1. The Morgan fingerprint density at radius 1 is 1.04 bits per heavy atom. The minimum atomic E-state index is -0.916. The molecule has 0 aromatic heterocycles. The lowest BCUT2D eigenvalue weighted by Gasteiger charge is -2.07. The Kier molecular flexibility index (Phi) is 6.43. The van der Waals surface area contributed by atoms with E-state index >= 15 is 0 Å². The van der Waals surface area contributed by atoms with Gasteiger partial charge in [0.15, 0.2) is 0 Å². The van der Waals surface area contributed by atoms with Crippen LogP contribution in [-0.4, -0.2) is 18.4 Å². The molecule has 0 saturated carbocycles. The van der Waals surface area contributed by atoms with Crippen molar-refractivity contribution in [3.8, 4) is 0 Å². The third-order valence-electron chi connectivity index (χ3n) is 3.17. The van der Waals surface area contributed by atoms with Crippen molar-refractivity contribution in [3.05, 3.63) is 64.1 Å². The molecule has 0 saturated heterocycles. The maximum atomic E-state index is 13.4. The highest BCUT2D eigenvalue weighted by molar-refractivity contribution is 9.10. The van der Waals surface area contributed by atoms with Gasteiger partial charge in [-0.2, -0.15) is 0 Å². The van der Waals surface area contributed by atoms with Gasteiger partial charge in [0.1, 0.15) is 11.6 Å². The molecule has 0 spiro atoms. The second-order valence-electron chi connectivity index (χ2n) is 5.04. The van der Waals surface area contributed by atoms with E-state index in [-0.39, 0.29) is 24.4 Å². The topological polar surface area (TPSA) is 58.2 Å². The Labute approximate surface area is 146 Å². The number of anilines is 1. The lowest BCUT2D eigenvalue weighted by molar-refractivity contribution is -0.116. The third-order valence-corrected chi connectivity index (χ3v) is 3.70. The molecule has 2 N–H and O–H groups in total. The van der Waals surface area contributed by atoms with Gasteiger partial charge in [-0.05, 0) is 42.8 Å². The lowest BCUT2D eigenvalue weighted by atomic mass is 10.2. The predicted octanol–water partition coefficient (Wildman–Crippen LogP) is 3.88. The average Bonchev–Trinajstić information content (AvgIpc) is 2.53. The molecule has 0 atom stereocenters. The van der Waals surface area contributed by atoms with Crippen LogP contribution >= 0.6 is 15.9 Å². The molecule has 2 amide bonds. The van der Waals surface area contributed by atoms with Crippen molar-refractivity contribution in [3.63, 3.8) is 0 Å². The van der Waals surface area contributed by atoms with Crippen molar-refractivity contribution < 1.29 is 18.4 Å². The Balaban J connectivity index is 1.73. The molecule has 2 rings (SSSR count). The Hall–Kier alpha value is -2.28. The zero-order valence-corrected chi connectivity index (χ0v) is 14.2. The smallest absolute Gasteiger partial charge is 0.254 e. The first kappa shape index (κ1) is 18.1. The molecular formula is C17H15BrF2N2O2. The number of halogens is 3. The first-order chi connectivity index (χ1) is 11.5. The van der Waals surface area contributed by atoms with Crippen molar-refractivity contribution in [2.24, 2.45) is 0 Å². The zero-order valence-electron chi connectivity index (χ0n) is 12.6. The van der Waals surface area contributed by atoms with E-state index in [1.165, 1.54) is 0 Å². The molecule has 0 aliphatic rings. The van der Waals surface area contributed by atoms with Gasteiger partial charge in [0.05, 0.1) is 5.56 Å². The van der Waals surface area contributed by atoms with Crippen LogP contribution in [0.15, 0.2) is 46.9 Å². The monoisotopic (exact) mass is 396 g/mol. The number of hydrogen-bond donors (Lipinski definition) is 2. The fourth-order valence-corrected chi connectivity index (χ4v) is 2.24. The summed E-state index contributed by atoms with van der Waals surface area (Å²) in [6.45, 7) is 0.212. The number of nitrogens with one attached hydrogen (secondary N) is 2. The van der Waals surface area contributed by atoms with Crippen molar-refractivity contribution in [2.45, 2.75) is 12.8 Å². The summed E-state index contributed by atoms with van der Waals surface area (Å²) >= 11 is 3.30. The second kappa shape index (κ2) is 8.54. The Morgan fingerprint density at radius 3 is 2.42 bits per heavy atom. The van der Waals surface area contributed by atoms with Gasteiger partial charge in [-0.15, -0.1) is 0 Å². The molecule has 2 aromatic carbocycles. The van der Waals surface area contributed by atoms with Gasteiger partial charge < -0.3 is 10.6 Å². The van der Waals surface area contributed by atoms with Gasteiger partial charge in [-0.3, -0.25) is 9.59 Å². The van der Waals surface area contributed by atoms with Gasteiger partial charge in [-0.25, -0.2) is 8.78 Å². The van der Waals surface area contributed by atoms with Crippen LogP contribution in [-0.2, 0) is 4.79 Å². The van der Waals surface area contributed by atoms with E-state index < -0.39 is 17.5 Å². The number of amides is 2. The van der Waals surface area contributed by atoms with E-state index in [9.17, 15) is 18.4 Å². The summed E-state index contributed by atoms with van der Waals surface area (Å²) in [6.07, 6.45) is 0.610. The van der Waals surface area contributed by atoms with E-state index in [4.69, 9.17) is 0 Å². The molecule has 0 bridgehead atoms. The minimum Gasteiger partial charge on any atom is -0.352 e. The van der Waals surface area contributed by atoms with Crippen LogP contribution in [0.5, 0.6) is 0 Å². The van der Waals surface area contributed by atoms with E-state index in [0.717, 1.165) is 16.6 Å². The molecular weight excluding hydrogens is 382 g/mol. The normalized spacial score (nSPS) is 10.3. The summed E-state index contributed by atoms with van der Waals surface area (Å²) in [5.74, 6) is -2.48. The average molecular weight is 397 g/mol. The highest BCUT2D eigenvalue weighted by Gasteiger charge is 2.12. The maximum absolute atomic E-state index is 13.4. The molecule has 126 valence electrons. The van der Waals surface area contributed by atoms with Crippen molar-refractivity contribution in [1.29, 1.82) is 0 Å². The van der Waals surface area contributed by atoms with Gasteiger partial charge in [0, 0.05) is 29.2 Å². The summed E-state index contributed by atoms with van der Waals surface area (Å²) in [6, 6.07) is 9.91. The predicted molar refractivity (Wildman–Crippen MR) is 90.7 cm³/mol. The number of benzene rings is 2. The molecule has 0 radical (unpaired) electrons. The Bertz CT molecular complexity index is 736. The zero-order chi connectivity index (χ0) is 17.5. The largest absolute Gasteiger partial charge is 0.352 e. The van der Waals surface area contributed by atoms with Crippen LogP contribution < -0.4 is 10.6 Å². The van der Waals surface area contributed by atoms with Gasteiger partial charge in [0.2, 0.25) is 5.91 Å². The van der Waals surface area contributed by atoms with Crippen molar-refractivity contribution in [2.75, 3.05) is 11.9 Å². The molecule has 2 aromatic rings. The first-order valence-electron chi connectivity index (χ1n) is 7.24. The third kappa shape index (κ3) is 5.42. The van der Waals surface area contributed by atoms with Crippen LogP contribution in [0.25, 0.3) is 0 Å². The number of carbonyl (C=O) groups excluding carboxylic acids is 2. The second-order valence-corrected chi connectivity index (χ2v) is 5.95. The molecule has 4 nitrogen and oxygen atoms in total. The molecule has 0 heterocycles. The summed E-state index contributed by atoms with van der Waals surface area (Å²) in [5.41, 5.74) is 0.455. The van der Waals surface area contributed by atoms with E-state index in [1.54, 1.807) is 12.1 Å². The standard InChI is InChI=1S/C17H15BrF2N2O2/c18-11-3-6-13(7-4-11)22-16(23)2-1-9-21-17(24)14-8-5-12(19)10-15(14)20/h3-8,10H,1-2,9H2,(H,21,24)(H,22,23). The number of carbonyl (C=O) groups is 2. The van der Waals surface area contributed by atoms with Gasteiger partial charge in [-0.1, -0.05) is 15.9 Å². The molecule has 24 heavy (non-hydrogen) atoms.